The van der Waals surface area contributed by atoms with Crippen LogP contribution in [-0.2, 0) is 9.59 Å². The first-order chi connectivity index (χ1) is 12.2. The van der Waals surface area contributed by atoms with Crippen LogP contribution in [0.1, 0.15) is 19.4 Å². The minimum Gasteiger partial charge on any atom is -0.495 e. The Balaban J connectivity index is 2.21. The second-order valence-corrected chi connectivity index (χ2v) is 7.81. The van der Waals surface area contributed by atoms with Crippen LogP contribution in [0.4, 0.5) is 4.79 Å². The van der Waals surface area contributed by atoms with Gasteiger partial charge in [-0.15, -0.1) is 0 Å². The number of halogens is 2. The van der Waals surface area contributed by atoms with E-state index in [0.29, 0.717) is 27.9 Å². The molecule has 2 rings (SSSR count). The van der Waals surface area contributed by atoms with E-state index >= 15 is 0 Å². The molecule has 1 aromatic carbocycles. The van der Waals surface area contributed by atoms with Gasteiger partial charge in [-0.3, -0.25) is 19.3 Å². The maximum absolute atomic E-state index is 12.5. The molecule has 140 valence electrons. The van der Waals surface area contributed by atoms with Gasteiger partial charge >= 0.3 is 0 Å². The molecule has 0 unspecified atom stereocenters. The Labute approximate surface area is 165 Å². The lowest BCUT2D eigenvalue weighted by molar-refractivity contribution is -0.129. The van der Waals surface area contributed by atoms with Crippen molar-refractivity contribution in [1.82, 2.24) is 10.2 Å². The van der Waals surface area contributed by atoms with Crippen LogP contribution in [0.25, 0.3) is 6.08 Å². The van der Waals surface area contributed by atoms with Gasteiger partial charge in [-0.2, -0.15) is 0 Å². The second kappa shape index (κ2) is 8.79. The van der Waals surface area contributed by atoms with Crippen LogP contribution in [0.3, 0.4) is 0 Å². The van der Waals surface area contributed by atoms with Crippen LogP contribution in [0.15, 0.2) is 17.0 Å². The Morgan fingerprint density at radius 2 is 2.04 bits per heavy atom. The lowest BCUT2D eigenvalue weighted by Crippen LogP contribution is -2.40. The fourth-order valence-corrected chi connectivity index (χ4v) is 3.61. The zero-order valence-electron chi connectivity index (χ0n) is 14.5. The molecule has 9 heteroatoms. The van der Waals surface area contributed by atoms with Crippen molar-refractivity contribution in [3.05, 3.63) is 32.6 Å². The van der Waals surface area contributed by atoms with E-state index in [1.165, 1.54) is 19.3 Å². The third-order valence-corrected chi connectivity index (χ3v) is 4.82. The monoisotopic (exact) mass is 416 g/mol. The summed E-state index contributed by atoms with van der Waals surface area (Å²) in [5.74, 6) is -0.310. The fourth-order valence-electron chi connectivity index (χ4n) is 2.20. The Bertz CT molecular complexity index is 780. The number of hydrogen-bond donors (Lipinski definition) is 1. The van der Waals surface area contributed by atoms with Crippen molar-refractivity contribution >= 4 is 58.1 Å². The number of amides is 3. The minimum atomic E-state index is -0.544. The normalized spacial score (nSPS) is 15.9. The summed E-state index contributed by atoms with van der Waals surface area (Å²) in [6, 6.07) is 3.10. The van der Waals surface area contributed by atoms with Gasteiger partial charge in [0.1, 0.15) is 12.3 Å². The van der Waals surface area contributed by atoms with E-state index in [9.17, 15) is 14.4 Å². The Hall–Kier alpha value is -1.70. The zero-order valence-corrected chi connectivity index (χ0v) is 16.8. The van der Waals surface area contributed by atoms with Crippen molar-refractivity contribution in [2.45, 2.75) is 13.8 Å². The first-order valence-electron chi connectivity index (χ1n) is 7.78. The van der Waals surface area contributed by atoms with Crippen molar-refractivity contribution in [1.29, 1.82) is 0 Å². The number of carbonyl (C=O) groups is 3. The third kappa shape index (κ3) is 4.93. The molecule has 0 aromatic heterocycles. The maximum Gasteiger partial charge on any atom is 0.294 e. The molecule has 1 saturated heterocycles. The molecule has 1 aromatic rings. The van der Waals surface area contributed by atoms with E-state index in [2.05, 4.69) is 5.32 Å². The van der Waals surface area contributed by atoms with E-state index in [1.54, 1.807) is 6.07 Å². The smallest absolute Gasteiger partial charge is 0.294 e. The number of rotatable bonds is 6. The number of imide groups is 1. The van der Waals surface area contributed by atoms with E-state index in [0.717, 1.165) is 16.7 Å². The lowest BCUT2D eigenvalue weighted by atomic mass is 10.2. The minimum absolute atomic E-state index is 0.170. The number of thioether (sulfide) groups is 1. The zero-order chi connectivity index (χ0) is 19.4. The van der Waals surface area contributed by atoms with Gasteiger partial charge in [0, 0.05) is 17.1 Å². The van der Waals surface area contributed by atoms with Crippen molar-refractivity contribution in [2.75, 3.05) is 20.2 Å². The average Bonchev–Trinajstić information content (AvgIpc) is 2.80. The lowest BCUT2D eigenvalue weighted by Gasteiger charge is -2.13. The van der Waals surface area contributed by atoms with Crippen LogP contribution in [0.5, 0.6) is 5.75 Å². The standard InChI is InChI=1S/C17H18Cl2N2O4S/c1-9(2)7-20-14(22)8-21-16(23)13(26-17(21)24)5-10-4-11(18)6-12(19)15(10)25-3/h4-6,9H,7-8H2,1-3H3,(H,20,22)/b13-5-. The SMILES string of the molecule is COc1c(Cl)cc(Cl)cc1/C=C1\SC(=O)N(CC(=O)NCC(C)C)C1=O. The molecule has 1 aliphatic rings. The molecular formula is C17H18Cl2N2O4S. The van der Waals surface area contributed by atoms with Gasteiger partial charge in [0.25, 0.3) is 11.1 Å². The number of nitrogens with one attached hydrogen (secondary N) is 1. The predicted octanol–water partition coefficient (Wildman–Crippen LogP) is 3.81. The van der Waals surface area contributed by atoms with Crippen molar-refractivity contribution in [3.8, 4) is 5.75 Å². The Morgan fingerprint density at radius 3 is 2.65 bits per heavy atom. The molecule has 0 aliphatic carbocycles. The van der Waals surface area contributed by atoms with Crippen molar-refractivity contribution in [2.24, 2.45) is 5.92 Å². The number of nitrogens with zero attached hydrogens (tertiary/aromatic N) is 1. The molecule has 26 heavy (non-hydrogen) atoms. The summed E-state index contributed by atoms with van der Waals surface area (Å²) in [5, 5.41) is 2.83. The molecule has 1 fully saturated rings. The van der Waals surface area contributed by atoms with E-state index in [1.807, 2.05) is 13.8 Å². The number of carbonyl (C=O) groups excluding carboxylic acids is 3. The highest BCUT2D eigenvalue weighted by molar-refractivity contribution is 8.18. The quantitative estimate of drug-likeness (QED) is 0.713. The van der Waals surface area contributed by atoms with Crippen LogP contribution in [0.2, 0.25) is 10.0 Å². The van der Waals surface area contributed by atoms with E-state index in [-0.39, 0.29) is 23.3 Å². The second-order valence-electron chi connectivity index (χ2n) is 5.98. The van der Waals surface area contributed by atoms with Gasteiger partial charge in [0.15, 0.2) is 0 Å². The number of ether oxygens (including phenoxy) is 1. The number of hydrogen-bond acceptors (Lipinski definition) is 5. The summed E-state index contributed by atoms with van der Waals surface area (Å²) in [7, 11) is 1.44. The molecule has 6 nitrogen and oxygen atoms in total. The van der Waals surface area contributed by atoms with Crippen LogP contribution in [-0.4, -0.2) is 42.2 Å². The highest BCUT2D eigenvalue weighted by Gasteiger charge is 2.36. The summed E-state index contributed by atoms with van der Waals surface area (Å²) in [4.78, 5) is 37.6. The Kier molecular flexibility index (Phi) is 6.97. The first kappa shape index (κ1) is 20.6. The summed E-state index contributed by atoms with van der Waals surface area (Å²) in [6.45, 7) is 4.06. The summed E-state index contributed by atoms with van der Waals surface area (Å²) < 4.78 is 5.23. The molecule has 1 aliphatic heterocycles. The fraction of sp³-hybridized carbons (Fsp3) is 0.353. The third-order valence-electron chi connectivity index (χ3n) is 3.41. The van der Waals surface area contributed by atoms with Crippen molar-refractivity contribution in [3.63, 3.8) is 0 Å². The van der Waals surface area contributed by atoms with Gasteiger partial charge in [0.2, 0.25) is 5.91 Å². The summed E-state index contributed by atoms with van der Waals surface area (Å²) in [6.07, 6.45) is 1.48. The van der Waals surface area contributed by atoms with Gasteiger partial charge in [-0.05, 0) is 35.9 Å². The Morgan fingerprint density at radius 1 is 1.35 bits per heavy atom. The molecule has 1 N–H and O–H groups in total. The molecule has 3 amide bonds. The van der Waals surface area contributed by atoms with E-state index < -0.39 is 11.1 Å². The van der Waals surface area contributed by atoms with Crippen LogP contribution < -0.4 is 10.1 Å². The number of benzene rings is 1. The van der Waals surface area contributed by atoms with Gasteiger partial charge in [0.05, 0.1) is 17.0 Å². The first-order valence-corrected chi connectivity index (χ1v) is 9.35. The highest BCUT2D eigenvalue weighted by Crippen LogP contribution is 2.37. The summed E-state index contributed by atoms with van der Waals surface area (Å²) >= 11 is 12.8. The molecule has 1 heterocycles. The highest BCUT2D eigenvalue weighted by atomic mass is 35.5. The van der Waals surface area contributed by atoms with Gasteiger partial charge < -0.3 is 10.1 Å². The van der Waals surface area contributed by atoms with Crippen molar-refractivity contribution < 1.29 is 19.1 Å². The molecular weight excluding hydrogens is 399 g/mol. The van der Waals surface area contributed by atoms with Gasteiger partial charge in [-0.1, -0.05) is 37.0 Å². The molecule has 0 atom stereocenters. The molecule has 0 bridgehead atoms. The molecule has 0 saturated carbocycles. The average molecular weight is 417 g/mol. The number of methoxy groups -OCH3 is 1. The van der Waals surface area contributed by atoms with E-state index in [4.69, 9.17) is 27.9 Å². The largest absolute Gasteiger partial charge is 0.495 e. The molecule has 0 spiro atoms. The van der Waals surface area contributed by atoms with Gasteiger partial charge in [-0.25, -0.2) is 0 Å². The molecule has 0 radical (unpaired) electrons. The van der Waals surface area contributed by atoms with Crippen LogP contribution >= 0.6 is 35.0 Å². The predicted molar refractivity (Wildman–Crippen MR) is 104 cm³/mol. The summed E-state index contributed by atoms with van der Waals surface area (Å²) in [5.41, 5.74) is 0.472. The maximum atomic E-state index is 12.5. The topological polar surface area (TPSA) is 75.7 Å². The van der Waals surface area contributed by atoms with Crippen LogP contribution in [0, 0.1) is 5.92 Å².